The van der Waals surface area contributed by atoms with Crippen LogP contribution in [0.2, 0.25) is 0 Å². The number of methoxy groups -OCH3 is 2. The zero-order valence-corrected chi connectivity index (χ0v) is 22.1. The second-order valence-electron chi connectivity index (χ2n) is 8.28. The van der Waals surface area contributed by atoms with Crippen LogP contribution in [0.4, 0.5) is 0 Å². The number of ether oxygens (including phenoxy) is 4. The second-order valence-corrected chi connectivity index (χ2v) is 9.23. The molecule has 0 fully saturated rings. The van der Waals surface area contributed by atoms with Crippen LogP contribution in [0.5, 0.6) is 23.0 Å². The summed E-state index contributed by atoms with van der Waals surface area (Å²) in [6.45, 7) is 0.871. The summed E-state index contributed by atoms with van der Waals surface area (Å²) in [5.74, 6) is 1.87. The van der Waals surface area contributed by atoms with Gasteiger partial charge in [-0.05, 0) is 59.8 Å². The molecule has 10 nitrogen and oxygen atoms in total. The van der Waals surface area contributed by atoms with Crippen molar-refractivity contribution in [2.75, 3.05) is 27.4 Å². The third-order valence-electron chi connectivity index (χ3n) is 5.73. The number of nitrogens with zero attached hydrogens (tertiary/aromatic N) is 4. The van der Waals surface area contributed by atoms with E-state index in [1.165, 1.54) is 16.8 Å². The smallest absolute Gasteiger partial charge is 0.283 e. The quantitative estimate of drug-likeness (QED) is 0.291. The Bertz CT molecular complexity index is 1490. The molecule has 0 saturated carbocycles. The number of thioether (sulfide) groups is 1. The van der Waals surface area contributed by atoms with Gasteiger partial charge in [0.1, 0.15) is 5.04 Å². The largest absolute Gasteiger partial charge is 0.493 e. The number of fused-ring (bicyclic) bond motifs is 1. The molecule has 3 aromatic rings. The first-order valence-corrected chi connectivity index (χ1v) is 12.9. The molecule has 0 saturated heterocycles. The summed E-state index contributed by atoms with van der Waals surface area (Å²) in [4.78, 5) is 21.0. The van der Waals surface area contributed by atoms with E-state index in [1.807, 2.05) is 30.3 Å². The molecule has 1 N–H and O–H groups in total. The van der Waals surface area contributed by atoms with Gasteiger partial charge in [-0.3, -0.25) is 15.2 Å². The normalized spacial score (nSPS) is 15.5. The fourth-order valence-corrected chi connectivity index (χ4v) is 4.70. The zero-order valence-electron chi connectivity index (χ0n) is 21.3. The first-order chi connectivity index (χ1) is 19.1. The fourth-order valence-electron chi connectivity index (χ4n) is 3.82. The van der Waals surface area contributed by atoms with E-state index in [0.29, 0.717) is 58.4 Å². The van der Waals surface area contributed by atoms with Crippen LogP contribution in [-0.2, 0) is 4.79 Å². The lowest BCUT2D eigenvalue weighted by Crippen LogP contribution is -2.35. The van der Waals surface area contributed by atoms with Crippen LogP contribution in [-0.4, -0.2) is 59.4 Å². The first kappa shape index (κ1) is 26.0. The number of pyridine rings is 1. The Balaban J connectivity index is 1.24. The molecule has 3 heterocycles. The van der Waals surface area contributed by atoms with E-state index in [0.717, 1.165) is 5.56 Å². The topological polar surface area (TPSA) is 119 Å². The number of aliphatic imine (C=N–C) groups is 1. The van der Waals surface area contributed by atoms with Gasteiger partial charge in [0.25, 0.3) is 5.91 Å². The number of carbonyl (C=O) groups is 1. The first-order valence-electron chi connectivity index (χ1n) is 12.0. The number of hydrogen-bond acceptors (Lipinski definition) is 9. The van der Waals surface area contributed by atoms with E-state index in [2.05, 4.69) is 15.1 Å². The van der Waals surface area contributed by atoms with Crippen LogP contribution in [0.15, 0.2) is 82.7 Å². The van der Waals surface area contributed by atoms with Crippen LogP contribution < -0.4 is 18.9 Å². The van der Waals surface area contributed by atoms with Gasteiger partial charge in [0, 0.05) is 24.4 Å². The van der Waals surface area contributed by atoms with E-state index in [4.69, 9.17) is 24.4 Å². The number of para-hydroxylation sites is 2. The van der Waals surface area contributed by atoms with Crippen molar-refractivity contribution in [3.8, 4) is 23.0 Å². The zero-order chi connectivity index (χ0) is 27.2. The molecule has 39 heavy (non-hydrogen) atoms. The molecule has 1 aromatic heterocycles. The van der Waals surface area contributed by atoms with Crippen molar-refractivity contribution in [3.63, 3.8) is 0 Å². The van der Waals surface area contributed by atoms with Gasteiger partial charge in [-0.2, -0.15) is 15.1 Å². The predicted molar refractivity (Wildman–Crippen MR) is 150 cm³/mol. The second kappa shape index (κ2) is 11.8. The van der Waals surface area contributed by atoms with E-state index < -0.39 is 5.91 Å². The van der Waals surface area contributed by atoms with Gasteiger partial charge in [0.2, 0.25) is 5.17 Å². The van der Waals surface area contributed by atoms with Crippen LogP contribution >= 0.6 is 11.8 Å². The number of aromatic nitrogens is 1. The fraction of sp³-hybridized carbons (Fsp3) is 0.179. The molecule has 0 unspecified atom stereocenters. The maximum atomic E-state index is 12.8. The standard InChI is InChI=1S/C28H25N5O5S/c1-35-21-8-3-4-9-22(21)37-13-6-14-38-23-11-10-18(16-24(23)36-2)15-20-25(29)33-28(31-26(20)34)39-27(32-33)19-7-5-12-30-17-19/h3-5,7-12,15-17,29H,6,13-14H2,1-2H3. The summed E-state index contributed by atoms with van der Waals surface area (Å²) in [7, 11) is 3.15. The summed E-state index contributed by atoms with van der Waals surface area (Å²) >= 11 is 1.23. The van der Waals surface area contributed by atoms with E-state index in [9.17, 15) is 4.79 Å². The highest BCUT2D eigenvalue weighted by Crippen LogP contribution is 2.33. The molecule has 0 aliphatic carbocycles. The Labute approximate surface area is 229 Å². The SMILES string of the molecule is COc1ccccc1OCCCOc1ccc(C=C2C(=N)N3N=C(c4cccnc4)SC3=NC2=O)cc1OC. The van der Waals surface area contributed by atoms with Crippen molar-refractivity contribution in [2.45, 2.75) is 6.42 Å². The average molecular weight is 544 g/mol. The number of hydrogen-bond donors (Lipinski definition) is 1. The monoisotopic (exact) mass is 543 g/mol. The molecule has 11 heteroatoms. The van der Waals surface area contributed by atoms with Crippen molar-refractivity contribution in [1.82, 2.24) is 9.99 Å². The Morgan fingerprint density at radius 2 is 1.69 bits per heavy atom. The Kier molecular flexibility index (Phi) is 7.88. The number of amidine groups is 2. The molecule has 0 bridgehead atoms. The number of hydrazone groups is 1. The summed E-state index contributed by atoms with van der Waals surface area (Å²) in [6.07, 6.45) is 5.59. The maximum absolute atomic E-state index is 12.8. The predicted octanol–water partition coefficient (Wildman–Crippen LogP) is 4.61. The van der Waals surface area contributed by atoms with Crippen molar-refractivity contribution < 1.29 is 23.7 Å². The van der Waals surface area contributed by atoms with Gasteiger partial charge >= 0.3 is 0 Å². The lowest BCUT2D eigenvalue weighted by atomic mass is 10.1. The van der Waals surface area contributed by atoms with Crippen molar-refractivity contribution in [1.29, 1.82) is 5.41 Å². The van der Waals surface area contributed by atoms with E-state index >= 15 is 0 Å². The lowest BCUT2D eigenvalue weighted by Gasteiger charge is -2.20. The number of carbonyl (C=O) groups excluding carboxylic acids is 1. The highest BCUT2D eigenvalue weighted by atomic mass is 32.2. The van der Waals surface area contributed by atoms with Crippen LogP contribution in [0.1, 0.15) is 17.5 Å². The number of nitrogens with one attached hydrogen (secondary N) is 1. The Morgan fingerprint density at radius 3 is 2.41 bits per heavy atom. The van der Waals surface area contributed by atoms with Gasteiger partial charge in [-0.25, -0.2) is 0 Å². The minimum absolute atomic E-state index is 0.0502. The molecule has 5 rings (SSSR count). The van der Waals surface area contributed by atoms with E-state index in [1.54, 1.807) is 57.0 Å². The molecule has 1 amide bonds. The van der Waals surface area contributed by atoms with Gasteiger partial charge in [-0.15, -0.1) is 0 Å². The molecular weight excluding hydrogens is 518 g/mol. The van der Waals surface area contributed by atoms with Crippen LogP contribution in [0.25, 0.3) is 6.08 Å². The molecule has 2 aromatic carbocycles. The Morgan fingerprint density at radius 1 is 0.949 bits per heavy atom. The van der Waals surface area contributed by atoms with Crippen LogP contribution in [0, 0.1) is 5.41 Å². The van der Waals surface area contributed by atoms with E-state index in [-0.39, 0.29) is 11.4 Å². The maximum Gasteiger partial charge on any atom is 0.283 e. The molecular formula is C28H25N5O5S. The number of benzene rings is 2. The van der Waals surface area contributed by atoms with Gasteiger partial charge in [0.05, 0.1) is 33.0 Å². The molecule has 2 aliphatic heterocycles. The third-order valence-corrected chi connectivity index (χ3v) is 6.69. The van der Waals surface area contributed by atoms with Crippen LogP contribution in [0.3, 0.4) is 0 Å². The average Bonchev–Trinajstić information content (AvgIpc) is 3.40. The third kappa shape index (κ3) is 5.78. The molecule has 0 radical (unpaired) electrons. The molecule has 198 valence electrons. The number of rotatable bonds is 10. The Hall–Kier alpha value is -4.64. The molecule has 2 aliphatic rings. The minimum atomic E-state index is -0.504. The molecule has 0 atom stereocenters. The van der Waals surface area contributed by atoms with Gasteiger partial charge < -0.3 is 18.9 Å². The van der Waals surface area contributed by atoms with Gasteiger partial charge in [-0.1, -0.05) is 18.2 Å². The molecule has 0 spiro atoms. The van der Waals surface area contributed by atoms with Crippen molar-refractivity contribution in [2.24, 2.45) is 10.1 Å². The van der Waals surface area contributed by atoms with Gasteiger partial charge in [0.15, 0.2) is 28.8 Å². The number of amides is 1. The summed E-state index contributed by atoms with van der Waals surface area (Å²) in [5.41, 5.74) is 1.57. The minimum Gasteiger partial charge on any atom is -0.493 e. The summed E-state index contributed by atoms with van der Waals surface area (Å²) < 4.78 is 22.5. The highest BCUT2D eigenvalue weighted by Gasteiger charge is 2.36. The van der Waals surface area contributed by atoms with Crippen molar-refractivity contribution >= 4 is 39.8 Å². The highest BCUT2D eigenvalue weighted by molar-refractivity contribution is 8.27. The lowest BCUT2D eigenvalue weighted by molar-refractivity contribution is -0.114. The summed E-state index contributed by atoms with van der Waals surface area (Å²) in [6, 6.07) is 16.4. The van der Waals surface area contributed by atoms with Crippen molar-refractivity contribution in [3.05, 3.63) is 83.7 Å². The summed E-state index contributed by atoms with van der Waals surface area (Å²) in [5, 5.41) is 15.4.